The van der Waals surface area contributed by atoms with Crippen molar-refractivity contribution >= 4 is 17.0 Å². The maximum atomic E-state index is 13.9. The Bertz CT molecular complexity index is 1000. The van der Waals surface area contributed by atoms with Gasteiger partial charge in [-0.3, -0.25) is 9.13 Å². The second-order valence-corrected chi connectivity index (χ2v) is 5.45. The topological polar surface area (TPSA) is 84.5 Å². The van der Waals surface area contributed by atoms with E-state index in [1.54, 1.807) is 0 Å². The van der Waals surface area contributed by atoms with Crippen molar-refractivity contribution < 1.29 is 23.8 Å². The molecule has 0 saturated carbocycles. The van der Waals surface area contributed by atoms with Crippen molar-refractivity contribution in [1.82, 2.24) is 9.13 Å². The van der Waals surface area contributed by atoms with Gasteiger partial charge in [0, 0.05) is 5.56 Å². The molecule has 1 aromatic heterocycles. The van der Waals surface area contributed by atoms with Gasteiger partial charge in [-0.1, -0.05) is 6.07 Å². The highest BCUT2D eigenvalue weighted by molar-refractivity contribution is 5.92. The Balaban J connectivity index is 2.23. The number of carboxylic acids is 1. The SMILES string of the molecule is O=C(O)c1ccc2c(c1)n(CCO)c(=O)n2Cc1c(F)cccc1F. The molecular formula is C17H14F2N2O4. The number of rotatable bonds is 5. The molecule has 0 aliphatic heterocycles. The number of hydrogen-bond donors (Lipinski definition) is 2. The van der Waals surface area contributed by atoms with E-state index in [4.69, 9.17) is 10.2 Å². The van der Waals surface area contributed by atoms with Crippen LogP contribution < -0.4 is 5.69 Å². The predicted molar refractivity (Wildman–Crippen MR) is 85.7 cm³/mol. The van der Waals surface area contributed by atoms with Gasteiger partial charge in [-0.15, -0.1) is 0 Å². The van der Waals surface area contributed by atoms with Crippen molar-refractivity contribution in [3.63, 3.8) is 0 Å². The summed E-state index contributed by atoms with van der Waals surface area (Å²) in [7, 11) is 0. The molecule has 0 spiro atoms. The quantitative estimate of drug-likeness (QED) is 0.737. The molecule has 2 N–H and O–H groups in total. The fraction of sp³-hybridized carbons (Fsp3) is 0.176. The first-order valence-corrected chi connectivity index (χ1v) is 7.44. The third kappa shape index (κ3) is 2.91. The molecule has 0 atom stereocenters. The zero-order chi connectivity index (χ0) is 18.1. The molecule has 3 aromatic rings. The lowest BCUT2D eigenvalue weighted by Crippen LogP contribution is -2.26. The number of aliphatic hydroxyl groups is 1. The highest BCUT2D eigenvalue weighted by atomic mass is 19.1. The van der Waals surface area contributed by atoms with Gasteiger partial charge in [-0.05, 0) is 30.3 Å². The van der Waals surface area contributed by atoms with Crippen LogP contribution in [0.15, 0.2) is 41.2 Å². The molecule has 130 valence electrons. The number of aliphatic hydroxyl groups excluding tert-OH is 1. The smallest absolute Gasteiger partial charge is 0.335 e. The summed E-state index contributed by atoms with van der Waals surface area (Å²) >= 11 is 0. The Morgan fingerprint density at radius 3 is 2.32 bits per heavy atom. The minimum atomic E-state index is -1.17. The van der Waals surface area contributed by atoms with Gasteiger partial charge in [0.2, 0.25) is 0 Å². The Labute approximate surface area is 140 Å². The normalized spacial score (nSPS) is 11.2. The van der Waals surface area contributed by atoms with Gasteiger partial charge < -0.3 is 10.2 Å². The third-order valence-corrected chi connectivity index (χ3v) is 3.97. The van der Waals surface area contributed by atoms with Gasteiger partial charge in [-0.2, -0.15) is 0 Å². The lowest BCUT2D eigenvalue weighted by Gasteiger charge is -2.06. The summed E-state index contributed by atoms with van der Waals surface area (Å²) in [5, 5.41) is 18.3. The first-order valence-electron chi connectivity index (χ1n) is 7.44. The molecule has 6 nitrogen and oxygen atoms in total. The number of nitrogens with zero attached hydrogens (tertiary/aromatic N) is 2. The number of aromatic nitrogens is 2. The monoisotopic (exact) mass is 348 g/mol. The van der Waals surface area contributed by atoms with Crippen molar-refractivity contribution in [2.45, 2.75) is 13.1 Å². The van der Waals surface area contributed by atoms with E-state index < -0.39 is 23.3 Å². The molecule has 0 saturated heterocycles. The lowest BCUT2D eigenvalue weighted by atomic mass is 10.1. The summed E-state index contributed by atoms with van der Waals surface area (Å²) in [6.07, 6.45) is 0. The maximum absolute atomic E-state index is 13.9. The van der Waals surface area contributed by atoms with Crippen LogP contribution in [-0.2, 0) is 13.1 Å². The van der Waals surface area contributed by atoms with Gasteiger partial charge in [0.1, 0.15) is 11.6 Å². The van der Waals surface area contributed by atoms with Crippen LogP contribution in [0.5, 0.6) is 0 Å². The zero-order valence-electron chi connectivity index (χ0n) is 12.9. The minimum Gasteiger partial charge on any atom is -0.478 e. The largest absolute Gasteiger partial charge is 0.478 e. The molecule has 0 bridgehead atoms. The van der Waals surface area contributed by atoms with Crippen LogP contribution >= 0.6 is 0 Å². The van der Waals surface area contributed by atoms with E-state index in [9.17, 15) is 18.4 Å². The summed E-state index contributed by atoms with van der Waals surface area (Å²) in [5.74, 6) is -2.73. The fourth-order valence-electron chi connectivity index (χ4n) is 2.76. The number of carbonyl (C=O) groups is 1. The first kappa shape index (κ1) is 16.8. The number of halogens is 2. The number of benzene rings is 2. The number of carboxylic acid groups (broad SMARTS) is 1. The predicted octanol–water partition coefficient (Wildman–Crippen LogP) is 1.82. The zero-order valence-corrected chi connectivity index (χ0v) is 12.9. The molecule has 0 unspecified atom stereocenters. The van der Waals surface area contributed by atoms with Crippen molar-refractivity contribution in [2.24, 2.45) is 0 Å². The molecule has 25 heavy (non-hydrogen) atoms. The molecule has 3 rings (SSSR count). The summed E-state index contributed by atoms with van der Waals surface area (Å²) in [4.78, 5) is 23.8. The van der Waals surface area contributed by atoms with Gasteiger partial charge in [0.15, 0.2) is 0 Å². The van der Waals surface area contributed by atoms with Gasteiger partial charge >= 0.3 is 11.7 Å². The molecule has 8 heteroatoms. The Hall–Kier alpha value is -3.00. The standard InChI is InChI=1S/C17H14F2N2O4/c18-12-2-1-3-13(19)11(12)9-21-14-5-4-10(16(23)24)8-15(14)20(6-7-22)17(21)25/h1-5,8,22H,6-7,9H2,(H,23,24). The van der Waals surface area contributed by atoms with Crippen molar-refractivity contribution in [1.29, 1.82) is 0 Å². The summed E-state index contributed by atoms with van der Waals surface area (Å²) < 4.78 is 30.2. The lowest BCUT2D eigenvalue weighted by molar-refractivity contribution is 0.0697. The molecule has 1 heterocycles. The van der Waals surface area contributed by atoms with Gasteiger partial charge in [0.05, 0.1) is 36.3 Å². The number of aromatic carboxylic acids is 1. The molecule has 0 radical (unpaired) electrons. The average molecular weight is 348 g/mol. The van der Waals surface area contributed by atoms with Crippen molar-refractivity contribution in [3.8, 4) is 0 Å². The van der Waals surface area contributed by atoms with E-state index in [1.165, 1.54) is 28.8 Å². The molecule has 0 fully saturated rings. The van der Waals surface area contributed by atoms with Crippen molar-refractivity contribution in [2.75, 3.05) is 6.61 Å². The highest BCUT2D eigenvalue weighted by Crippen LogP contribution is 2.19. The van der Waals surface area contributed by atoms with Crippen molar-refractivity contribution in [3.05, 3.63) is 69.6 Å². The van der Waals surface area contributed by atoms with E-state index in [0.29, 0.717) is 5.52 Å². The third-order valence-electron chi connectivity index (χ3n) is 3.97. The van der Waals surface area contributed by atoms with Crippen LogP contribution in [0.2, 0.25) is 0 Å². The Morgan fingerprint density at radius 2 is 1.72 bits per heavy atom. The van der Waals surface area contributed by atoms with Crippen LogP contribution in [-0.4, -0.2) is 31.9 Å². The van der Waals surface area contributed by atoms with E-state index in [1.807, 2.05) is 0 Å². The molecule has 0 amide bonds. The van der Waals surface area contributed by atoms with Crippen LogP contribution in [0.25, 0.3) is 11.0 Å². The van der Waals surface area contributed by atoms with Crippen LogP contribution in [0.1, 0.15) is 15.9 Å². The highest BCUT2D eigenvalue weighted by Gasteiger charge is 2.18. The Kier molecular flexibility index (Phi) is 4.37. The van der Waals surface area contributed by atoms with E-state index >= 15 is 0 Å². The van der Waals surface area contributed by atoms with E-state index in [0.717, 1.165) is 16.7 Å². The van der Waals surface area contributed by atoms with Gasteiger partial charge in [-0.25, -0.2) is 18.4 Å². The maximum Gasteiger partial charge on any atom is 0.335 e. The van der Waals surface area contributed by atoms with Gasteiger partial charge in [0.25, 0.3) is 0 Å². The Morgan fingerprint density at radius 1 is 1.04 bits per heavy atom. The second-order valence-electron chi connectivity index (χ2n) is 5.45. The molecule has 2 aromatic carbocycles. The second kappa shape index (κ2) is 6.48. The fourth-order valence-corrected chi connectivity index (χ4v) is 2.76. The first-order chi connectivity index (χ1) is 11.9. The summed E-state index contributed by atoms with van der Waals surface area (Å²) in [5.41, 5.74) is -0.292. The number of imidazole rings is 1. The number of hydrogen-bond acceptors (Lipinski definition) is 3. The summed E-state index contributed by atoms with van der Waals surface area (Å²) in [6, 6.07) is 7.43. The van der Waals surface area contributed by atoms with E-state index in [-0.39, 0.29) is 36.3 Å². The summed E-state index contributed by atoms with van der Waals surface area (Å²) in [6.45, 7) is -0.756. The minimum absolute atomic E-state index is 0.0339. The van der Waals surface area contributed by atoms with Crippen LogP contribution in [0.4, 0.5) is 8.78 Å². The molecule has 0 aliphatic rings. The van der Waals surface area contributed by atoms with E-state index in [2.05, 4.69) is 0 Å². The van der Waals surface area contributed by atoms with Crippen LogP contribution in [0, 0.1) is 11.6 Å². The molecule has 0 aliphatic carbocycles. The van der Waals surface area contributed by atoms with Crippen LogP contribution in [0.3, 0.4) is 0 Å². The number of fused-ring (bicyclic) bond motifs is 1. The molecular weight excluding hydrogens is 334 g/mol. The average Bonchev–Trinajstić information content (AvgIpc) is 2.83.